The normalized spacial score (nSPS) is 22.8. The third-order valence-corrected chi connectivity index (χ3v) is 8.56. The molecular formula is C23H26F3NO3S. The van der Waals surface area contributed by atoms with E-state index in [9.17, 15) is 21.6 Å². The molecule has 168 valence electrons. The van der Waals surface area contributed by atoms with E-state index in [-0.39, 0.29) is 18.6 Å². The van der Waals surface area contributed by atoms with Crippen molar-refractivity contribution in [1.29, 1.82) is 0 Å². The predicted molar refractivity (Wildman–Crippen MR) is 111 cm³/mol. The van der Waals surface area contributed by atoms with Gasteiger partial charge in [0.25, 0.3) is 0 Å². The molecule has 0 unspecified atom stereocenters. The van der Waals surface area contributed by atoms with Gasteiger partial charge in [-0.2, -0.15) is 13.2 Å². The molecule has 1 aromatic heterocycles. The number of rotatable bonds is 5. The number of ether oxygens (including phenoxy) is 1. The molecule has 4 rings (SSSR count). The van der Waals surface area contributed by atoms with Crippen molar-refractivity contribution >= 4 is 9.84 Å². The molecule has 1 aromatic carbocycles. The molecule has 0 N–H and O–H groups in total. The Kier molecular flexibility index (Phi) is 6.14. The Morgan fingerprint density at radius 3 is 2.35 bits per heavy atom. The maximum absolute atomic E-state index is 13.9. The number of aryl methyl sites for hydroxylation is 1. The number of halogens is 3. The number of aromatic nitrogens is 1. The third kappa shape index (κ3) is 4.80. The predicted octanol–water partition coefficient (Wildman–Crippen LogP) is 5.73. The average molecular weight is 454 g/mol. The number of nitrogens with zero attached hydrogens (tertiary/aromatic N) is 1. The molecule has 0 aliphatic heterocycles. The molecule has 0 spiro atoms. The van der Waals surface area contributed by atoms with E-state index in [1.54, 1.807) is 19.1 Å². The molecule has 2 fully saturated rings. The first-order valence-corrected chi connectivity index (χ1v) is 12.2. The summed E-state index contributed by atoms with van der Waals surface area (Å²) in [7, 11) is -4.14. The largest absolute Gasteiger partial charge is 0.417 e. The molecule has 2 aromatic rings. The highest BCUT2D eigenvalue weighted by Crippen LogP contribution is 2.41. The van der Waals surface area contributed by atoms with Crippen LogP contribution in [-0.4, -0.2) is 30.9 Å². The van der Waals surface area contributed by atoms with Gasteiger partial charge >= 0.3 is 6.18 Å². The smallest absolute Gasteiger partial charge is 0.375 e. The van der Waals surface area contributed by atoms with Crippen molar-refractivity contribution in [2.24, 2.45) is 0 Å². The maximum Gasteiger partial charge on any atom is 0.417 e. The highest BCUT2D eigenvalue weighted by atomic mass is 32.2. The maximum atomic E-state index is 13.9. The van der Waals surface area contributed by atoms with Gasteiger partial charge in [0.2, 0.25) is 0 Å². The second-order valence-corrected chi connectivity index (χ2v) is 10.7. The number of pyridine rings is 1. The highest BCUT2D eigenvalue weighted by Gasteiger charge is 2.43. The second kappa shape index (κ2) is 8.54. The highest BCUT2D eigenvalue weighted by molar-refractivity contribution is 7.92. The summed E-state index contributed by atoms with van der Waals surface area (Å²) < 4.78 is 74.1. The lowest BCUT2D eigenvalue weighted by Crippen LogP contribution is -2.24. The molecule has 2 atom stereocenters. The minimum absolute atomic E-state index is 0.153. The van der Waals surface area contributed by atoms with E-state index in [1.807, 2.05) is 0 Å². The number of sulfone groups is 1. The van der Waals surface area contributed by atoms with Gasteiger partial charge in [0.05, 0.1) is 27.9 Å². The molecule has 0 radical (unpaired) electrons. The monoisotopic (exact) mass is 453 g/mol. The molecule has 2 aliphatic carbocycles. The SMILES string of the molecule is Cc1cc(-c2ccc(S(=O)(=O)[C@H]3CC[C@H](OC4CCCC4)C3)c(C(F)(F)F)c2)ccn1. The fraction of sp³-hybridized carbons (Fsp3) is 0.522. The summed E-state index contributed by atoms with van der Waals surface area (Å²) in [5, 5.41) is -0.853. The zero-order valence-corrected chi connectivity index (χ0v) is 18.2. The van der Waals surface area contributed by atoms with Crippen LogP contribution in [-0.2, 0) is 20.8 Å². The Balaban J connectivity index is 1.63. The fourth-order valence-electron chi connectivity index (χ4n) is 4.69. The Labute approximate surface area is 180 Å². The van der Waals surface area contributed by atoms with Crippen LogP contribution in [0, 0.1) is 6.92 Å². The molecule has 31 heavy (non-hydrogen) atoms. The minimum Gasteiger partial charge on any atom is -0.375 e. The van der Waals surface area contributed by atoms with Crippen LogP contribution in [0.25, 0.3) is 11.1 Å². The first-order chi connectivity index (χ1) is 14.6. The summed E-state index contributed by atoms with van der Waals surface area (Å²) >= 11 is 0. The molecule has 0 bridgehead atoms. The number of alkyl halides is 3. The van der Waals surface area contributed by atoms with Crippen molar-refractivity contribution in [1.82, 2.24) is 4.98 Å². The van der Waals surface area contributed by atoms with E-state index in [0.717, 1.165) is 37.8 Å². The first kappa shape index (κ1) is 22.3. The fourth-order valence-corrected chi connectivity index (χ4v) is 6.70. The molecule has 2 saturated carbocycles. The van der Waals surface area contributed by atoms with E-state index in [4.69, 9.17) is 4.74 Å². The lowest BCUT2D eigenvalue weighted by Gasteiger charge is -2.20. The molecule has 8 heteroatoms. The van der Waals surface area contributed by atoms with Crippen molar-refractivity contribution in [2.75, 3.05) is 0 Å². The Morgan fingerprint density at radius 1 is 0.968 bits per heavy atom. The first-order valence-electron chi connectivity index (χ1n) is 10.7. The third-order valence-electron chi connectivity index (χ3n) is 6.28. The minimum atomic E-state index is -4.78. The van der Waals surface area contributed by atoms with Gasteiger partial charge in [0.1, 0.15) is 0 Å². The van der Waals surface area contributed by atoms with Crippen molar-refractivity contribution in [3.05, 3.63) is 47.8 Å². The van der Waals surface area contributed by atoms with Crippen LogP contribution < -0.4 is 0 Å². The standard InChI is InChI=1S/C23H26F3NO3S/c1-15-12-17(10-11-27-15)16-6-9-22(21(13-16)23(24,25)26)31(28,29)20-8-7-19(14-20)30-18-4-2-3-5-18/h6,9-13,18-20H,2-5,7-8,14H2,1H3/t19-,20-/m0/s1. The van der Waals surface area contributed by atoms with E-state index < -0.39 is 31.7 Å². The molecule has 0 saturated heterocycles. The number of benzene rings is 1. The van der Waals surface area contributed by atoms with Crippen molar-refractivity contribution in [3.8, 4) is 11.1 Å². The lowest BCUT2D eigenvalue weighted by atomic mass is 10.0. The van der Waals surface area contributed by atoms with E-state index >= 15 is 0 Å². The van der Waals surface area contributed by atoms with Gasteiger partial charge in [-0.05, 0) is 74.4 Å². The van der Waals surface area contributed by atoms with Gasteiger partial charge in [0, 0.05) is 11.9 Å². The van der Waals surface area contributed by atoms with Gasteiger partial charge in [-0.1, -0.05) is 18.9 Å². The Bertz CT molecular complexity index is 1050. The molecule has 4 nitrogen and oxygen atoms in total. The van der Waals surface area contributed by atoms with Crippen LogP contribution in [0.4, 0.5) is 13.2 Å². The summed E-state index contributed by atoms with van der Waals surface area (Å²) in [6, 6.07) is 6.76. The van der Waals surface area contributed by atoms with E-state index in [0.29, 0.717) is 29.7 Å². The summed E-state index contributed by atoms with van der Waals surface area (Å²) in [6.45, 7) is 1.75. The van der Waals surface area contributed by atoms with Gasteiger partial charge < -0.3 is 4.74 Å². The summed E-state index contributed by atoms with van der Waals surface area (Å²) in [6.07, 6.45) is 2.00. The number of hydrogen-bond donors (Lipinski definition) is 0. The zero-order valence-electron chi connectivity index (χ0n) is 17.4. The Hall–Kier alpha value is -1.93. The van der Waals surface area contributed by atoms with Gasteiger partial charge in [-0.3, -0.25) is 4.98 Å². The van der Waals surface area contributed by atoms with Crippen LogP contribution in [0.2, 0.25) is 0 Å². The number of hydrogen-bond acceptors (Lipinski definition) is 4. The molecule has 0 amide bonds. The van der Waals surface area contributed by atoms with Gasteiger partial charge in [-0.25, -0.2) is 8.42 Å². The van der Waals surface area contributed by atoms with Crippen molar-refractivity contribution in [3.63, 3.8) is 0 Å². The van der Waals surface area contributed by atoms with Crippen LogP contribution in [0.1, 0.15) is 56.2 Å². The quantitative estimate of drug-likeness (QED) is 0.580. The van der Waals surface area contributed by atoms with Gasteiger partial charge in [-0.15, -0.1) is 0 Å². The van der Waals surface area contributed by atoms with Crippen LogP contribution >= 0.6 is 0 Å². The zero-order chi connectivity index (χ0) is 22.2. The van der Waals surface area contributed by atoms with E-state index in [2.05, 4.69) is 4.98 Å². The van der Waals surface area contributed by atoms with E-state index in [1.165, 1.54) is 12.3 Å². The molecular weight excluding hydrogens is 427 g/mol. The second-order valence-electron chi connectivity index (χ2n) is 8.54. The summed E-state index contributed by atoms with van der Waals surface area (Å²) in [4.78, 5) is 3.42. The van der Waals surface area contributed by atoms with Crippen LogP contribution in [0.15, 0.2) is 41.4 Å². The van der Waals surface area contributed by atoms with Crippen molar-refractivity contribution in [2.45, 2.75) is 80.4 Å². The summed E-state index contributed by atoms with van der Waals surface area (Å²) in [5.41, 5.74) is 0.431. The van der Waals surface area contributed by atoms with Crippen LogP contribution in [0.5, 0.6) is 0 Å². The molecule has 1 heterocycles. The Morgan fingerprint density at radius 2 is 1.68 bits per heavy atom. The average Bonchev–Trinajstić information content (AvgIpc) is 3.40. The van der Waals surface area contributed by atoms with Gasteiger partial charge in [0.15, 0.2) is 9.84 Å². The topological polar surface area (TPSA) is 56.3 Å². The lowest BCUT2D eigenvalue weighted by molar-refractivity contribution is -0.139. The summed E-state index contributed by atoms with van der Waals surface area (Å²) in [5.74, 6) is 0. The van der Waals surface area contributed by atoms with Crippen LogP contribution in [0.3, 0.4) is 0 Å². The molecule has 2 aliphatic rings. The van der Waals surface area contributed by atoms with Crippen molar-refractivity contribution < 1.29 is 26.3 Å².